The zero-order valence-electron chi connectivity index (χ0n) is 8.64. The number of fused-ring (bicyclic) bond motifs is 1. The van der Waals surface area contributed by atoms with Gasteiger partial charge < -0.3 is 20.7 Å². The van der Waals surface area contributed by atoms with E-state index in [0.29, 0.717) is 18.8 Å². The van der Waals surface area contributed by atoms with Crippen molar-refractivity contribution < 1.29 is 19.7 Å². The van der Waals surface area contributed by atoms with E-state index in [4.69, 9.17) is 15.6 Å². The van der Waals surface area contributed by atoms with Gasteiger partial charge >= 0.3 is 5.97 Å². The maximum atomic E-state index is 10.7. The van der Waals surface area contributed by atoms with Crippen LogP contribution in [0.25, 0.3) is 0 Å². The minimum Gasteiger partial charge on any atom is -0.504 e. The van der Waals surface area contributed by atoms with Crippen LogP contribution in [0.1, 0.15) is 11.1 Å². The van der Waals surface area contributed by atoms with Crippen LogP contribution in [0.3, 0.4) is 0 Å². The number of phenols is 1. The van der Waals surface area contributed by atoms with Gasteiger partial charge in [0.1, 0.15) is 6.04 Å². The molecule has 16 heavy (non-hydrogen) atoms. The molecule has 0 saturated carbocycles. The lowest BCUT2D eigenvalue weighted by Crippen LogP contribution is -2.32. The van der Waals surface area contributed by atoms with Crippen LogP contribution in [0.4, 0.5) is 0 Å². The molecule has 1 aliphatic heterocycles. The lowest BCUT2D eigenvalue weighted by Gasteiger charge is -2.10. The minimum absolute atomic E-state index is 0.0974. The van der Waals surface area contributed by atoms with E-state index in [1.807, 2.05) is 0 Å². The molecule has 1 aromatic rings. The van der Waals surface area contributed by atoms with Crippen molar-refractivity contribution in [2.24, 2.45) is 5.73 Å². The molecular formula is C11H13NO4. The maximum absolute atomic E-state index is 10.7. The van der Waals surface area contributed by atoms with E-state index in [2.05, 4.69) is 0 Å². The van der Waals surface area contributed by atoms with Gasteiger partial charge in [-0.2, -0.15) is 0 Å². The van der Waals surface area contributed by atoms with Gasteiger partial charge in [0, 0.05) is 12.0 Å². The fourth-order valence-electron chi connectivity index (χ4n) is 1.86. The Kier molecular flexibility index (Phi) is 2.70. The van der Waals surface area contributed by atoms with Crippen LogP contribution in [0, 0.1) is 0 Å². The standard InChI is InChI=1S/C11H13NO4/c12-8(11(14)15)5-6-1-2-9(13)10-7(6)3-4-16-10/h1-2,8,13H,3-5,12H2,(H,14,15). The summed E-state index contributed by atoms with van der Waals surface area (Å²) in [6.07, 6.45) is 0.937. The van der Waals surface area contributed by atoms with E-state index in [0.717, 1.165) is 11.1 Å². The topological polar surface area (TPSA) is 92.8 Å². The van der Waals surface area contributed by atoms with Gasteiger partial charge in [-0.25, -0.2) is 0 Å². The predicted molar refractivity (Wildman–Crippen MR) is 56.6 cm³/mol. The largest absolute Gasteiger partial charge is 0.504 e. The Morgan fingerprint density at radius 1 is 1.56 bits per heavy atom. The zero-order chi connectivity index (χ0) is 11.7. The molecule has 5 nitrogen and oxygen atoms in total. The minimum atomic E-state index is -1.03. The van der Waals surface area contributed by atoms with Crippen LogP contribution in [-0.4, -0.2) is 28.8 Å². The second-order valence-corrected chi connectivity index (χ2v) is 3.80. The SMILES string of the molecule is NC(Cc1ccc(O)c2c1CCO2)C(=O)O. The predicted octanol–water partition coefficient (Wildman–Crippen LogP) is 0.282. The molecule has 0 aromatic heterocycles. The Morgan fingerprint density at radius 3 is 3.00 bits per heavy atom. The molecule has 0 radical (unpaired) electrons. The Hall–Kier alpha value is -1.75. The molecule has 5 heteroatoms. The highest BCUT2D eigenvalue weighted by molar-refractivity contribution is 5.73. The Bertz CT molecular complexity index is 430. The molecular weight excluding hydrogens is 210 g/mol. The van der Waals surface area contributed by atoms with Gasteiger partial charge in [-0.15, -0.1) is 0 Å². The summed E-state index contributed by atoms with van der Waals surface area (Å²) in [6, 6.07) is 2.29. The third-order valence-electron chi connectivity index (χ3n) is 2.69. The van der Waals surface area contributed by atoms with Crippen LogP contribution >= 0.6 is 0 Å². The van der Waals surface area contributed by atoms with Crippen molar-refractivity contribution in [1.29, 1.82) is 0 Å². The van der Waals surface area contributed by atoms with E-state index in [1.165, 1.54) is 6.07 Å². The summed E-state index contributed by atoms with van der Waals surface area (Å²) in [6.45, 7) is 0.516. The van der Waals surface area contributed by atoms with Crippen LogP contribution in [-0.2, 0) is 17.6 Å². The van der Waals surface area contributed by atoms with Gasteiger partial charge in [-0.1, -0.05) is 6.07 Å². The molecule has 1 atom stereocenters. The third kappa shape index (κ3) is 1.81. The summed E-state index contributed by atoms with van der Waals surface area (Å²) in [5.41, 5.74) is 7.18. The summed E-state index contributed by atoms with van der Waals surface area (Å²) < 4.78 is 5.27. The molecule has 0 fully saturated rings. The lowest BCUT2D eigenvalue weighted by atomic mass is 9.98. The van der Waals surface area contributed by atoms with Gasteiger partial charge in [0.2, 0.25) is 0 Å². The van der Waals surface area contributed by atoms with Crippen molar-refractivity contribution in [1.82, 2.24) is 0 Å². The molecule has 86 valence electrons. The van der Waals surface area contributed by atoms with Gasteiger partial charge in [0.25, 0.3) is 0 Å². The van der Waals surface area contributed by atoms with Gasteiger partial charge in [-0.05, 0) is 18.1 Å². The Morgan fingerprint density at radius 2 is 2.31 bits per heavy atom. The fraction of sp³-hybridized carbons (Fsp3) is 0.364. The number of aliphatic carboxylic acids is 1. The van der Waals surface area contributed by atoms with Crippen molar-refractivity contribution in [3.8, 4) is 11.5 Å². The lowest BCUT2D eigenvalue weighted by molar-refractivity contribution is -0.138. The summed E-state index contributed by atoms with van der Waals surface area (Å²) in [4.78, 5) is 10.7. The summed E-state index contributed by atoms with van der Waals surface area (Å²) >= 11 is 0. The molecule has 1 aliphatic rings. The summed E-state index contributed by atoms with van der Waals surface area (Å²) in [5, 5.41) is 18.3. The number of nitrogens with two attached hydrogens (primary N) is 1. The molecule has 0 spiro atoms. The number of ether oxygens (including phenoxy) is 1. The van der Waals surface area contributed by atoms with Crippen LogP contribution in [0.5, 0.6) is 11.5 Å². The Balaban J connectivity index is 2.29. The Labute approximate surface area is 92.5 Å². The fourth-order valence-corrected chi connectivity index (χ4v) is 1.86. The van der Waals surface area contributed by atoms with Crippen molar-refractivity contribution in [2.75, 3.05) is 6.61 Å². The summed E-state index contributed by atoms with van der Waals surface area (Å²) in [7, 11) is 0. The van der Waals surface area contributed by atoms with E-state index in [-0.39, 0.29) is 12.2 Å². The number of benzene rings is 1. The highest BCUT2D eigenvalue weighted by Gasteiger charge is 2.22. The van der Waals surface area contributed by atoms with Crippen LogP contribution in [0.2, 0.25) is 0 Å². The molecule has 0 saturated heterocycles. The van der Waals surface area contributed by atoms with Gasteiger partial charge in [0.05, 0.1) is 6.61 Å². The van der Waals surface area contributed by atoms with Crippen molar-refractivity contribution in [2.45, 2.75) is 18.9 Å². The van der Waals surface area contributed by atoms with Crippen molar-refractivity contribution in [3.63, 3.8) is 0 Å². The number of phenolic OH excluding ortho intramolecular Hbond substituents is 1. The maximum Gasteiger partial charge on any atom is 0.320 e. The molecule has 2 rings (SSSR count). The average molecular weight is 223 g/mol. The summed E-state index contributed by atoms with van der Waals surface area (Å²) in [5.74, 6) is -0.462. The monoisotopic (exact) mass is 223 g/mol. The number of aromatic hydroxyl groups is 1. The van der Waals surface area contributed by atoms with Crippen molar-refractivity contribution in [3.05, 3.63) is 23.3 Å². The smallest absolute Gasteiger partial charge is 0.320 e. The average Bonchev–Trinajstić information content (AvgIpc) is 2.71. The van der Waals surface area contributed by atoms with Crippen molar-refractivity contribution >= 4 is 5.97 Å². The number of rotatable bonds is 3. The first-order valence-corrected chi connectivity index (χ1v) is 5.04. The second kappa shape index (κ2) is 4.02. The first kappa shape index (κ1) is 10.8. The number of hydrogen-bond donors (Lipinski definition) is 3. The van der Waals surface area contributed by atoms with Crippen LogP contribution < -0.4 is 10.5 Å². The molecule has 1 heterocycles. The molecule has 1 aromatic carbocycles. The second-order valence-electron chi connectivity index (χ2n) is 3.80. The third-order valence-corrected chi connectivity index (χ3v) is 2.69. The van der Waals surface area contributed by atoms with E-state index in [1.54, 1.807) is 6.07 Å². The number of hydrogen-bond acceptors (Lipinski definition) is 4. The van der Waals surface area contributed by atoms with Gasteiger partial charge in [-0.3, -0.25) is 4.79 Å². The van der Waals surface area contributed by atoms with E-state index >= 15 is 0 Å². The molecule has 0 bridgehead atoms. The highest BCUT2D eigenvalue weighted by atomic mass is 16.5. The number of carboxylic acid groups (broad SMARTS) is 1. The molecule has 0 aliphatic carbocycles. The molecule has 1 unspecified atom stereocenters. The molecule has 0 amide bonds. The van der Waals surface area contributed by atoms with E-state index in [9.17, 15) is 9.90 Å². The van der Waals surface area contributed by atoms with E-state index < -0.39 is 12.0 Å². The number of carboxylic acids is 1. The van der Waals surface area contributed by atoms with Crippen LogP contribution in [0.15, 0.2) is 12.1 Å². The highest BCUT2D eigenvalue weighted by Crippen LogP contribution is 2.37. The van der Waals surface area contributed by atoms with Gasteiger partial charge in [0.15, 0.2) is 11.5 Å². The zero-order valence-corrected chi connectivity index (χ0v) is 8.64. The number of carbonyl (C=O) groups is 1. The first-order valence-electron chi connectivity index (χ1n) is 5.04. The normalized spacial score (nSPS) is 15.3. The first-order chi connectivity index (χ1) is 7.59. The molecule has 4 N–H and O–H groups in total. The quantitative estimate of drug-likeness (QED) is 0.684.